The van der Waals surface area contributed by atoms with Gasteiger partial charge in [0, 0.05) is 44.2 Å². The summed E-state index contributed by atoms with van der Waals surface area (Å²) < 4.78 is 32.1. The van der Waals surface area contributed by atoms with Crippen molar-refractivity contribution in [2.75, 3.05) is 31.1 Å². The number of halogens is 2. The van der Waals surface area contributed by atoms with Gasteiger partial charge in [-0.1, -0.05) is 13.8 Å². The molecular weight excluding hydrogens is 342 g/mol. The number of nitrogens with zero attached hydrogens (tertiary/aromatic N) is 4. The lowest BCUT2D eigenvalue weighted by Gasteiger charge is -2.36. The van der Waals surface area contributed by atoms with Crippen molar-refractivity contribution >= 4 is 11.7 Å². The minimum atomic E-state index is -0.800. The molecular formula is C18H20F2N4O2. The zero-order valence-electron chi connectivity index (χ0n) is 14.7. The van der Waals surface area contributed by atoms with Gasteiger partial charge >= 0.3 is 0 Å². The Morgan fingerprint density at radius 2 is 1.85 bits per heavy atom. The molecule has 2 aromatic rings. The Bertz CT molecular complexity index is 793. The fraction of sp³-hybridized carbons (Fsp3) is 0.389. The number of ether oxygens (including phenoxy) is 1. The Hall–Kier alpha value is -2.77. The van der Waals surface area contributed by atoms with Crippen LogP contribution < -0.4 is 9.64 Å². The highest BCUT2D eigenvalue weighted by molar-refractivity contribution is 5.78. The maximum Gasteiger partial charge on any atom is 0.225 e. The molecule has 1 aromatic carbocycles. The zero-order valence-corrected chi connectivity index (χ0v) is 14.7. The highest BCUT2D eigenvalue weighted by atomic mass is 19.1. The summed E-state index contributed by atoms with van der Waals surface area (Å²) in [5, 5.41) is 0. The quantitative estimate of drug-likeness (QED) is 0.837. The van der Waals surface area contributed by atoms with Gasteiger partial charge in [-0.25, -0.2) is 18.7 Å². The van der Waals surface area contributed by atoms with E-state index in [0.717, 1.165) is 12.1 Å². The van der Waals surface area contributed by atoms with Crippen molar-refractivity contribution in [3.63, 3.8) is 0 Å². The van der Waals surface area contributed by atoms with Crippen LogP contribution in [0.25, 0.3) is 0 Å². The first-order valence-electron chi connectivity index (χ1n) is 8.42. The molecule has 1 aliphatic heterocycles. The lowest BCUT2D eigenvalue weighted by molar-refractivity contribution is -0.134. The largest absolute Gasteiger partial charge is 0.436 e. The van der Waals surface area contributed by atoms with Gasteiger partial charge in [-0.2, -0.15) is 0 Å². The van der Waals surface area contributed by atoms with Crippen molar-refractivity contribution in [1.82, 2.24) is 14.9 Å². The zero-order chi connectivity index (χ0) is 18.7. The summed E-state index contributed by atoms with van der Waals surface area (Å²) in [5.74, 6) is -0.661. The topological polar surface area (TPSA) is 58.6 Å². The van der Waals surface area contributed by atoms with Gasteiger partial charge in [-0.15, -0.1) is 0 Å². The average molecular weight is 362 g/mol. The van der Waals surface area contributed by atoms with E-state index in [-0.39, 0.29) is 23.5 Å². The van der Waals surface area contributed by atoms with Crippen LogP contribution in [0.4, 0.5) is 14.6 Å². The van der Waals surface area contributed by atoms with Crippen molar-refractivity contribution < 1.29 is 18.3 Å². The first-order chi connectivity index (χ1) is 12.4. The minimum Gasteiger partial charge on any atom is -0.436 e. The third-order valence-corrected chi connectivity index (χ3v) is 4.15. The molecule has 0 radical (unpaired) electrons. The van der Waals surface area contributed by atoms with Crippen LogP contribution in [0.5, 0.6) is 11.6 Å². The maximum absolute atomic E-state index is 13.7. The first kappa shape index (κ1) is 18.0. The molecule has 1 saturated heterocycles. The second-order valence-corrected chi connectivity index (χ2v) is 6.36. The van der Waals surface area contributed by atoms with Gasteiger partial charge < -0.3 is 14.5 Å². The van der Waals surface area contributed by atoms with E-state index in [4.69, 9.17) is 4.74 Å². The van der Waals surface area contributed by atoms with Crippen LogP contribution in [0.1, 0.15) is 13.8 Å². The Morgan fingerprint density at radius 1 is 1.12 bits per heavy atom. The van der Waals surface area contributed by atoms with E-state index >= 15 is 0 Å². The average Bonchev–Trinajstić information content (AvgIpc) is 2.64. The van der Waals surface area contributed by atoms with Crippen LogP contribution in [-0.4, -0.2) is 47.0 Å². The lowest BCUT2D eigenvalue weighted by atomic mass is 10.1. The lowest BCUT2D eigenvalue weighted by Crippen LogP contribution is -2.50. The van der Waals surface area contributed by atoms with Gasteiger partial charge in [0.1, 0.15) is 18.0 Å². The molecule has 0 aliphatic carbocycles. The summed E-state index contributed by atoms with van der Waals surface area (Å²) in [6.45, 7) is 6.28. The van der Waals surface area contributed by atoms with Gasteiger partial charge in [0.15, 0.2) is 11.6 Å². The fourth-order valence-corrected chi connectivity index (χ4v) is 2.75. The van der Waals surface area contributed by atoms with Crippen LogP contribution in [0.15, 0.2) is 30.6 Å². The molecule has 0 spiro atoms. The van der Waals surface area contributed by atoms with E-state index in [2.05, 4.69) is 9.97 Å². The van der Waals surface area contributed by atoms with E-state index in [1.54, 1.807) is 6.07 Å². The van der Waals surface area contributed by atoms with E-state index in [1.165, 1.54) is 12.4 Å². The third kappa shape index (κ3) is 4.07. The summed E-state index contributed by atoms with van der Waals surface area (Å²) in [6, 6.07) is 4.68. The van der Waals surface area contributed by atoms with E-state index < -0.39 is 11.6 Å². The highest BCUT2D eigenvalue weighted by Crippen LogP contribution is 2.25. The number of amides is 1. The monoisotopic (exact) mass is 362 g/mol. The molecule has 1 amide bonds. The maximum atomic E-state index is 13.7. The first-order valence-corrected chi connectivity index (χ1v) is 8.42. The molecule has 3 rings (SSSR count). The van der Waals surface area contributed by atoms with E-state index in [1.807, 2.05) is 23.6 Å². The fourth-order valence-electron chi connectivity index (χ4n) is 2.75. The standard InChI is InChI=1S/C18H20F2N4O2/c1-12(2)18(25)24-7-5-23(6-8-24)16-10-17(22-11-21-16)26-15-4-3-13(19)9-14(15)20/h3-4,9-12H,5-8H2,1-2H3. The van der Waals surface area contributed by atoms with Crippen molar-refractivity contribution in [2.24, 2.45) is 5.92 Å². The van der Waals surface area contributed by atoms with E-state index in [0.29, 0.717) is 32.0 Å². The Kier molecular flexibility index (Phi) is 5.29. The molecule has 1 fully saturated rings. The number of piperazine rings is 1. The molecule has 6 nitrogen and oxygen atoms in total. The number of aromatic nitrogens is 2. The van der Waals surface area contributed by atoms with Crippen LogP contribution in [-0.2, 0) is 4.79 Å². The molecule has 0 N–H and O–H groups in total. The van der Waals surface area contributed by atoms with Crippen molar-refractivity contribution in [1.29, 1.82) is 0 Å². The Balaban J connectivity index is 1.67. The highest BCUT2D eigenvalue weighted by Gasteiger charge is 2.23. The SMILES string of the molecule is CC(C)C(=O)N1CCN(c2cc(Oc3ccc(F)cc3F)ncn2)CC1. The predicted octanol–water partition coefficient (Wildman–Crippen LogP) is 2.85. The van der Waals surface area contributed by atoms with Crippen LogP contribution in [0.2, 0.25) is 0 Å². The number of carbonyl (C=O) groups excluding carboxylic acids is 1. The van der Waals surface area contributed by atoms with Crippen LogP contribution >= 0.6 is 0 Å². The number of anilines is 1. The summed E-state index contributed by atoms with van der Waals surface area (Å²) in [6.07, 6.45) is 1.33. The molecule has 1 aromatic heterocycles. The normalized spacial score (nSPS) is 14.7. The van der Waals surface area contributed by atoms with Gasteiger partial charge in [-0.05, 0) is 12.1 Å². The third-order valence-electron chi connectivity index (χ3n) is 4.15. The van der Waals surface area contributed by atoms with Crippen molar-refractivity contribution in [3.05, 3.63) is 42.2 Å². The Morgan fingerprint density at radius 3 is 2.50 bits per heavy atom. The van der Waals surface area contributed by atoms with Crippen molar-refractivity contribution in [2.45, 2.75) is 13.8 Å². The van der Waals surface area contributed by atoms with Gasteiger partial charge in [0.25, 0.3) is 0 Å². The van der Waals surface area contributed by atoms with Gasteiger partial charge in [-0.3, -0.25) is 4.79 Å². The number of hydrogen-bond donors (Lipinski definition) is 0. The number of rotatable bonds is 4. The number of hydrogen-bond acceptors (Lipinski definition) is 5. The summed E-state index contributed by atoms with van der Waals surface area (Å²) in [4.78, 5) is 24.1. The summed E-state index contributed by atoms with van der Waals surface area (Å²) in [5.41, 5.74) is 0. The number of benzene rings is 1. The van der Waals surface area contributed by atoms with Crippen LogP contribution in [0.3, 0.4) is 0 Å². The van der Waals surface area contributed by atoms with E-state index in [9.17, 15) is 13.6 Å². The molecule has 0 bridgehead atoms. The van der Waals surface area contributed by atoms with Crippen molar-refractivity contribution in [3.8, 4) is 11.6 Å². The molecule has 0 saturated carbocycles. The smallest absolute Gasteiger partial charge is 0.225 e. The molecule has 8 heteroatoms. The van der Waals surface area contributed by atoms with Gasteiger partial charge in [0.05, 0.1) is 0 Å². The molecule has 0 unspecified atom stereocenters. The minimum absolute atomic E-state index is 0.0220. The van der Waals surface area contributed by atoms with Crippen LogP contribution in [0, 0.1) is 17.6 Å². The Labute approximate surface area is 150 Å². The summed E-state index contributed by atoms with van der Waals surface area (Å²) in [7, 11) is 0. The van der Waals surface area contributed by atoms with Gasteiger partial charge in [0.2, 0.25) is 11.8 Å². The summed E-state index contributed by atoms with van der Waals surface area (Å²) >= 11 is 0. The number of carbonyl (C=O) groups is 1. The molecule has 0 atom stereocenters. The molecule has 26 heavy (non-hydrogen) atoms. The second-order valence-electron chi connectivity index (χ2n) is 6.36. The molecule has 2 heterocycles. The second kappa shape index (κ2) is 7.63. The molecule has 138 valence electrons. The molecule has 1 aliphatic rings. The predicted molar refractivity (Wildman–Crippen MR) is 92.1 cm³/mol.